The van der Waals surface area contributed by atoms with E-state index in [9.17, 15) is 9.59 Å². The van der Waals surface area contributed by atoms with Crippen molar-refractivity contribution in [3.8, 4) is 0 Å². The molecule has 2 unspecified atom stereocenters. The van der Waals surface area contributed by atoms with Crippen molar-refractivity contribution in [2.75, 3.05) is 0 Å². The van der Waals surface area contributed by atoms with Crippen molar-refractivity contribution in [3.05, 3.63) is 60.2 Å². The van der Waals surface area contributed by atoms with Crippen LogP contribution in [-0.2, 0) is 16.0 Å². The molecule has 3 heteroatoms. The molecule has 1 aromatic carbocycles. The lowest BCUT2D eigenvalue weighted by atomic mass is 9.70. The SMILES string of the molecule is O=C1NC(=O)C2(Cc3ccccc3)C=CC=CC12. The number of benzene rings is 1. The molecular weight excluding hydrogens is 226 g/mol. The Bertz CT molecular complexity index is 559. The van der Waals surface area contributed by atoms with E-state index >= 15 is 0 Å². The molecule has 1 heterocycles. The lowest BCUT2D eigenvalue weighted by Gasteiger charge is -2.28. The summed E-state index contributed by atoms with van der Waals surface area (Å²) in [6.45, 7) is 0. The Morgan fingerprint density at radius 1 is 1.11 bits per heavy atom. The summed E-state index contributed by atoms with van der Waals surface area (Å²) in [7, 11) is 0. The summed E-state index contributed by atoms with van der Waals surface area (Å²) in [6.07, 6.45) is 7.88. The average Bonchev–Trinajstić information content (AvgIpc) is 2.63. The second kappa shape index (κ2) is 3.95. The number of carbonyl (C=O) groups is 2. The summed E-state index contributed by atoms with van der Waals surface area (Å²) < 4.78 is 0. The van der Waals surface area contributed by atoms with Gasteiger partial charge < -0.3 is 0 Å². The lowest BCUT2D eigenvalue weighted by molar-refractivity contribution is -0.127. The van der Waals surface area contributed by atoms with Crippen LogP contribution in [0.2, 0.25) is 0 Å². The first-order valence-corrected chi connectivity index (χ1v) is 5.98. The van der Waals surface area contributed by atoms with E-state index in [4.69, 9.17) is 0 Å². The van der Waals surface area contributed by atoms with E-state index in [0.717, 1.165) is 5.56 Å². The Morgan fingerprint density at radius 2 is 1.89 bits per heavy atom. The average molecular weight is 239 g/mol. The third-order valence-corrected chi connectivity index (χ3v) is 3.64. The third-order valence-electron chi connectivity index (χ3n) is 3.64. The minimum atomic E-state index is -0.743. The van der Waals surface area contributed by atoms with E-state index in [1.165, 1.54) is 0 Å². The Hall–Kier alpha value is -2.16. The number of hydrogen-bond acceptors (Lipinski definition) is 2. The highest BCUT2D eigenvalue weighted by atomic mass is 16.2. The van der Waals surface area contributed by atoms with Crippen LogP contribution in [-0.4, -0.2) is 11.8 Å². The van der Waals surface area contributed by atoms with Crippen LogP contribution in [0.25, 0.3) is 0 Å². The molecular formula is C15H13NO2. The second-order valence-electron chi connectivity index (χ2n) is 4.74. The molecule has 1 aromatic rings. The highest BCUT2D eigenvalue weighted by Crippen LogP contribution is 2.41. The van der Waals surface area contributed by atoms with E-state index in [2.05, 4.69) is 5.32 Å². The van der Waals surface area contributed by atoms with Gasteiger partial charge in [-0.3, -0.25) is 14.9 Å². The molecule has 90 valence electrons. The molecule has 0 radical (unpaired) electrons. The van der Waals surface area contributed by atoms with E-state index in [0.29, 0.717) is 6.42 Å². The van der Waals surface area contributed by atoms with E-state index < -0.39 is 5.41 Å². The van der Waals surface area contributed by atoms with Crippen LogP contribution in [0.4, 0.5) is 0 Å². The highest BCUT2D eigenvalue weighted by Gasteiger charge is 2.52. The van der Waals surface area contributed by atoms with Crippen LogP contribution < -0.4 is 5.32 Å². The Kier molecular flexibility index (Phi) is 2.40. The van der Waals surface area contributed by atoms with Crippen molar-refractivity contribution in [1.82, 2.24) is 5.32 Å². The van der Waals surface area contributed by atoms with Gasteiger partial charge in [0.1, 0.15) is 0 Å². The van der Waals surface area contributed by atoms with Gasteiger partial charge in [0, 0.05) is 0 Å². The smallest absolute Gasteiger partial charge is 0.238 e. The summed E-state index contributed by atoms with van der Waals surface area (Å²) in [5, 5.41) is 2.44. The molecule has 2 amide bonds. The van der Waals surface area contributed by atoms with E-state index in [1.807, 2.05) is 54.6 Å². The van der Waals surface area contributed by atoms with Crippen LogP contribution in [0.1, 0.15) is 5.56 Å². The zero-order chi connectivity index (χ0) is 12.6. The van der Waals surface area contributed by atoms with Crippen molar-refractivity contribution in [3.63, 3.8) is 0 Å². The molecule has 1 saturated heterocycles. The molecule has 0 spiro atoms. The summed E-state index contributed by atoms with van der Waals surface area (Å²) in [5.41, 5.74) is 0.319. The van der Waals surface area contributed by atoms with Gasteiger partial charge in [-0.05, 0) is 12.0 Å². The maximum Gasteiger partial charge on any atom is 0.238 e. The first-order valence-electron chi connectivity index (χ1n) is 5.98. The number of amides is 2. The summed E-state index contributed by atoms with van der Waals surface area (Å²) in [4.78, 5) is 23.9. The molecule has 2 aliphatic rings. The van der Waals surface area contributed by atoms with Crippen LogP contribution in [0, 0.1) is 11.3 Å². The molecule has 1 aliphatic heterocycles. The molecule has 1 N–H and O–H groups in total. The predicted molar refractivity (Wildman–Crippen MR) is 67.5 cm³/mol. The zero-order valence-electron chi connectivity index (χ0n) is 9.80. The van der Waals surface area contributed by atoms with Gasteiger partial charge in [-0.25, -0.2) is 0 Å². The highest BCUT2D eigenvalue weighted by molar-refractivity contribution is 6.09. The van der Waals surface area contributed by atoms with Gasteiger partial charge in [-0.2, -0.15) is 0 Å². The minimum absolute atomic E-state index is 0.193. The fourth-order valence-electron chi connectivity index (χ4n) is 2.70. The Labute approximate surface area is 105 Å². The number of carbonyl (C=O) groups excluding carboxylic acids is 2. The largest absolute Gasteiger partial charge is 0.295 e. The van der Waals surface area contributed by atoms with Gasteiger partial charge in [-0.15, -0.1) is 0 Å². The number of hydrogen-bond donors (Lipinski definition) is 1. The monoisotopic (exact) mass is 239 g/mol. The van der Waals surface area contributed by atoms with Crippen molar-refractivity contribution in [2.24, 2.45) is 11.3 Å². The fourth-order valence-corrected chi connectivity index (χ4v) is 2.70. The van der Waals surface area contributed by atoms with Crippen molar-refractivity contribution >= 4 is 11.8 Å². The molecule has 1 aliphatic carbocycles. The number of nitrogens with one attached hydrogen (secondary N) is 1. The fraction of sp³-hybridized carbons (Fsp3) is 0.200. The van der Waals surface area contributed by atoms with E-state index in [1.54, 1.807) is 0 Å². The second-order valence-corrected chi connectivity index (χ2v) is 4.74. The zero-order valence-corrected chi connectivity index (χ0v) is 9.80. The third kappa shape index (κ3) is 1.51. The van der Waals surface area contributed by atoms with Crippen LogP contribution >= 0.6 is 0 Å². The Morgan fingerprint density at radius 3 is 2.67 bits per heavy atom. The summed E-state index contributed by atoms with van der Waals surface area (Å²) in [5.74, 6) is -0.770. The molecule has 0 saturated carbocycles. The van der Waals surface area contributed by atoms with Crippen LogP contribution in [0.15, 0.2) is 54.6 Å². The standard InChI is InChI=1S/C15H13NO2/c17-13-12-8-4-5-9-15(12,14(18)16-13)10-11-6-2-1-3-7-11/h1-9,12H,10H2,(H,16,17,18). The number of rotatable bonds is 2. The van der Waals surface area contributed by atoms with Crippen molar-refractivity contribution < 1.29 is 9.59 Å². The van der Waals surface area contributed by atoms with Crippen molar-refractivity contribution in [2.45, 2.75) is 6.42 Å². The first kappa shape index (κ1) is 11.0. The summed E-state index contributed by atoms with van der Waals surface area (Å²) in [6, 6.07) is 9.79. The quantitative estimate of drug-likeness (QED) is 0.797. The van der Waals surface area contributed by atoms with Crippen molar-refractivity contribution in [1.29, 1.82) is 0 Å². The molecule has 2 atom stereocenters. The van der Waals surface area contributed by atoms with Gasteiger partial charge in [0.05, 0.1) is 11.3 Å². The van der Waals surface area contributed by atoms with E-state index in [-0.39, 0.29) is 17.7 Å². The van der Waals surface area contributed by atoms with Gasteiger partial charge in [-0.1, -0.05) is 54.6 Å². The van der Waals surface area contributed by atoms with Gasteiger partial charge in [0.25, 0.3) is 0 Å². The normalized spacial score (nSPS) is 29.2. The number of fused-ring (bicyclic) bond motifs is 1. The molecule has 3 rings (SSSR count). The topological polar surface area (TPSA) is 46.2 Å². The molecule has 1 fully saturated rings. The van der Waals surface area contributed by atoms with Gasteiger partial charge in [0.15, 0.2) is 0 Å². The van der Waals surface area contributed by atoms with Gasteiger partial charge in [0.2, 0.25) is 11.8 Å². The van der Waals surface area contributed by atoms with Crippen LogP contribution in [0.5, 0.6) is 0 Å². The molecule has 18 heavy (non-hydrogen) atoms. The number of allylic oxidation sites excluding steroid dienone is 2. The molecule has 0 aromatic heterocycles. The maximum atomic E-state index is 12.1. The minimum Gasteiger partial charge on any atom is -0.295 e. The number of imide groups is 1. The first-order chi connectivity index (χ1) is 8.72. The molecule has 0 bridgehead atoms. The van der Waals surface area contributed by atoms with Gasteiger partial charge >= 0.3 is 0 Å². The summed E-state index contributed by atoms with van der Waals surface area (Å²) >= 11 is 0. The molecule has 3 nitrogen and oxygen atoms in total. The lowest BCUT2D eigenvalue weighted by Crippen LogP contribution is -2.35. The Balaban J connectivity index is 2.01. The predicted octanol–water partition coefficient (Wildman–Crippen LogP) is 1.61. The van der Waals surface area contributed by atoms with Crippen LogP contribution in [0.3, 0.4) is 0 Å². The maximum absolute atomic E-state index is 12.1.